The molecule has 19 heavy (non-hydrogen) atoms. The summed E-state index contributed by atoms with van der Waals surface area (Å²) in [5.41, 5.74) is 1.13. The third-order valence-electron chi connectivity index (χ3n) is 2.85. The number of hydrogen-bond donors (Lipinski definition) is 0. The van der Waals surface area contributed by atoms with Crippen LogP contribution in [0.1, 0.15) is 5.56 Å². The van der Waals surface area contributed by atoms with Gasteiger partial charge in [0, 0.05) is 16.3 Å². The van der Waals surface area contributed by atoms with Crippen LogP contribution in [0.5, 0.6) is 5.75 Å². The van der Waals surface area contributed by atoms with E-state index in [1.54, 1.807) is 23.5 Å². The molecule has 0 saturated carbocycles. The van der Waals surface area contributed by atoms with E-state index in [4.69, 9.17) is 4.74 Å². The van der Waals surface area contributed by atoms with Crippen LogP contribution in [-0.4, -0.2) is 0 Å². The van der Waals surface area contributed by atoms with Crippen molar-refractivity contribution in [3.8, 4) is 5.75 Å². The number of thiophene rings is 1. The molecule has 0 aliphatic rings. The summed E-state index contributed by atoms with van der Waals surface area (Å²) in [6.45, 7) is 0.449. The van der Waals surface area contributed by atoms with Gasteiger partial charge >= 0.3 is 0 Å². The van der Waals surface area contributed by atoms with Gasteiger partial charge in [-0.05, 0) is 44.9 Å². The Hall–Kier alpha value is -1.39. The summed E-state index contributed by atoms with van der Waals surface area (Å²) in [5, 5.41) is 3.28. The monoisotopic (exact) mass is 336 g/mol. The van der Waals surface area contributed by atoms with Crippen molar-refractivity contribution in [1.82, 2.24) is 0 Å². The van der Waals surface area contributed by atoms with E-state index in [9.17, 15) is 4.39 Å². The fourth-order valence-electron chi connectivity index (χ4n) is 1.87. The molecular formula is C15H10BrFOS. The lowest BCUT2D eigenvalue weighted by Crippen LogP contribution is -1.94. The minimum absolute atomic E-state index is 0.312. The third kappa shape index (κ3) is 2.65. The molecule has 1 nitrogen and oxygen atoms in total. The molecule has 0 aliphatic carbocycles. The number of benzene rings is 2. The molecule has 0 atom stereocenters. The number of ether oxygens (including phenoxy) is 1. The molecule has 0 N–H and O–H groups in total. The zero-order chi connectivity index (χ0) is 13.2. The van der Waals surface area contributed by atoms with E-state index in [-0.39, 0.29) is 5.82 Å². The smallest absolute Gasteiger partial charge is 0.141 e. The summed E-state index contributed by atoms with van der Waals surface area (Å²) in [6, 6.07) is 13.0. The molecule has 1 heterocycles. The summed E-state index contributed by atoms with van der Waals surface area (Å²) in [6.07, 6.45) is 0. The number of halogens is 2. The molecule has 4 heteroatoms. The van der Waals surface area contributed by atoms with Crippen LogP contribution in [-0.2, 0) is 6.61 Å². The van der Waals surface area contributed by atoms with Crippen LogP contribution in [0.15, 0.2) is 52.3 Å². The Kier molecular flexibility index (Phi) is 3.53. The predicted molar refractivity (Wildman–Crippen MR) is 80.3 cm³/mol. The Morgan fingerprint density at radius 2 is 2.00 bits per heavy atom. The largest absolute Gasteiger partial charge is 0.489 e. The van der Waals surface area contributed by atoms with Crippen molar-refractivity contribution in [2.24, 2.45) is 0 Å². The molecule has 0 amide bonds. The lowest BCUT2D eigenvalue weighted by molar-refractivity contribution is 0.306. The molecule has 0 radical (unpaired) electrons. The summed E-state index contributed by atoms with van der Waals surface area (Å²) in [7, 11) is 0. The van der Waals surface area contributed by atoms with Crippen LogP contribution in [0.4, 0.5) is 4.39 Å². The lowest BCUT2D eigenvalue weighted by Gasteiger charge is -2.06. The first kappa shape index (κ1) is 12.6. The normalized spacial score (nSPS) is 10.8. The highest BCUT2D eigenvalue weighted by molar-refractivity contribution is 9.10. The average Bonchev–Trinajstić information content (AvgIpc) is 2.83. The van der Waals surface area contributed by atoms with E-state index < -0.39 is 0 Å². The number of fused-ring (bicyclic) bond motifs is 1. The molecule has 1 aromatic heterocycles. The molecule has 3 rings (SSSR count). The van der Waals surface area contributed by atoms with Gasteiger partial charge in [-0.25, -0.2) is 4.39 Å². The molecule has 0 fully saturated rings. The van der Waals surface area contributed by atoms with Crippen LogP contribution in [0.2, 0.25) is 0 Å². The molecule has 0 saturated heterocycles. The van der Waals surface area contributed by atoms with Gasteiger partial charge in [0.05, 0.1) is 4.47 Å². The summed E-state index contributed by atoms with van der Waals surface area (Å²) in [5.74, 6) is 0.226. The second kappa shape index (κ2) is 5.31. The SMILES string of the molecule is Fc1cc(OCc2csc3ccccc23)ccc1Br. The second-order valence-electron chi connectivity index (χ2n) is 4.12. The Morgan fingerprint density at radius 3 is 2.84 bits per heavy atom. The standard InChI is InChI=1S/C15H10BrFOS/c16-13-6-5-11(7-14(13)17)18-8-10-9-19-15-4-2-1-3-12(10)15/h1-7,9H,8H2. The van der Waals surface area contributed by atoms with Gasteiger partial charge in [0.1, 0.15) is 18.2 Å². The first-order valence-electron chi connectivity index (χ1n) is 5.77. The Bertz CT molecular complexity index is 723. The zero-order valence-electron chi connectivity index (χ0n) is 9.90. The zero-order valence-corrected chi connectivity index (χ0v) is 12.3. The van der Waals surface area contributed by atoms with Crippen LogP contribution in [0.3, 0.4) is 0 Å². The van der Waals surface area contributed by atoms with Gasteiger partial charge in [0.2, 0.25) is 0 Å². The van der Waals surface area contributed by atoms with E-state index in [1.165, 1.54) is 16.2 Å². The Balaban J connectivity index is 1.80. The van der Waals surface area contributed by atoms with Crippen molar-refractivity contribution in [3.63, 3.8) is 0 Å². The first-order chi connectivity index (χ1) is 9.24. The van der Waals surface area contributed by atoms with Crippen LogP contribution in [0, 0.1) is 5.82 Å². The highest BCUT2D eigenvalue weighted by Crippen LogP contribution is 2.27. The highest BCUT2D eigenvalue weighted by atomic mass is 79.9. The molecule has 3 aromatic rings. The van der Waals surface area contributed by atoms with Crippen LogP contribution >= 0.6 is 27.3 Å². The predicted octanol–water partition coefficient (Wildman–Crippen LogP) is 5.38. The van der Waals surface area contributed by atoms with Crippen LogP contribution < -0.4 is 4.74 Å². The third-order valence-corrected chi connectivity index (χ3v) is 4.50. The Labute approximate surface area is 122 Å². The lowest BCUT2D eigenvalue weighted by atomic mass is 10.2. The van der Waals surface area contributed by atoms with Gasteiger partial charge < -0.3 is 4.74 Å². The quantitative estimate of drug-likeness (QED) is 0.623. The van der Waals surface area contributed by atoms with Gasteiger partial charge in [0.25, 0.3) is 0 Å². The van der Waals surface area contributed by atoms with E-state index in [2.05, 4.69) is 33.4 Å². The van der Waals surface area contributed by atoms with Gasteiger partial charge in [-0.3, -0.25) is 0 Å². The maximum absolute atomic E-state index is 13.4. The Morgan fingerprint density at radius 1 is 1.16 bits per heavy atom. The molecule has 96 valence electrons. The number of hydrogen-bond acceptors (Lipinski definition) is 2. The highest BCUT2D eigenvalue weighted by Gasteiger charge is 2.05. The van der Waals surface area contributed by atoms with Gasteiger partial charge in [0.15, 0.2) is 0 Å². The maximum Gasteiger partial charge on any atom is 0.141 e. The van der Waals surface area contributed by atoms with E-state index >= 15 is 0 Å². The van der Waals surface area contributed by atoms with Crippen LogP contribution in [0.25, 0.3) is 10.1 Å². The van der Waals surface area contributed by atoms with Crippen molar-refractivity contribution in [2.45, 2.75) is 6.61 Å². The first-order valence-corrected chi connectivity index (χ1v) is 7.44. The minimum Gasteiger partial charge on any atom is -0.489 e. The fraction of sp³-hybridized carbons (Fsp3) is 0.0667. The molecule has 0 unspecified atom stereocenters. The van der Waals surface area contributed by atoms with Crippen molar-refractivity contribution in [2.75, 3.05) is 0 Å². The number of rotatable bonds is 3. The van der Waals surface area contributed by atoms with Crippen molar-refractivity contribution >= 4 is 37.4 Å². The topological polar surface area (TPSA) is 9.23 Å². The van der Waals surface area contributed by atoms with Gasteiger partial charge in [-0.2, -0.15) is 0 Å². The molecule has 0 bridgehead atoms. The van der Waals surface area contributed by atoms with Gasteiger partial charge in [-0.1, -0.05) is 18.2 Å². The van der Waals surface area contributed by atoms with E-state index in [0.717, 1.165) is 5.56 Å². The molecule has 2 aromatic carbocycles. The van der Waals surface area contributed by atoms with Crippen molar-refractivity contribution in [1.29, 1.82) is 0 Å². The molecule has 0 aliphatic heterocycles. The second-order valence-corrected chi connectivity index (χ2v) is 5.89. The summed E-state index contributed by atoms with van der Waals surface area (Å²) in [4.78, 5) is 0. The average molecular weight is 337 g/mol. The maximum atomic E-state index is 13.4. The fourth-order valence-corrected chi connectivity index (χ4v) is 3.07. The van der Waals surface area contributed by atoms with Crippen molar-refractivity contribution < 1.29 is 9.13 Å². The summed E-state index contributed by atoms with van der Waals surface area (Å²) < 4.78 is 20.7. The summed E-state index contributed by atoms with van der Waals surface area (Å²) >= 11 is 4.82. The molecule has 0 spiro atoms. The van der Waals surface area contributed by atoms with E-state index in [1.807, 2.05) is 12.1 Å². The van der Waals surface area contributed by atoms with E-state index in [0.29, 0.717) is 16.8 Å². The van der Waals surface area contributed by atoms with Gasteiger partial charge in [-0.15, -0.1) is 11.3 Å². The minimum atomic E-state index is -0.312. The van der Waals surface area contributed by atoms with Crippen molar-refractivity contribution in [3.05, 3.63) is 63.7 Å². The molecular weight excluding hydrogens is 327 g/mol.